The second-order valence-corrected chi connectivity index (χ2v) is 24.4. The Labute approximate surface area is 396 Å². The van der Waals surface area contributed by atoms with E-state index in [2.05, 4.69) is 222 Å². The summed E-state index contributed by atoms with van der Waals surface area (Å²) in [5.74, 6) is 0. The Balaban J connectivity index is 1.50. The number of aryl methyl sites for hydroxylation is 4. The van der Waals surface area contributed by atoms with Gasteiger partial charge in [0.2, 0.25) is 0 Å². The minimum absolute atomic E-state index is 0.745. The molecule has 0 aliphatic rings. The van der Waals surface area contributed by atoms with E-state index in [9.17, 15) is 0 Å². The fourth-order valence-corrected chi connectivity index (χ4v) is 18.3. The average Bonchev–Trinajstić information content (AvgIpc) is 3.96. The molecule has 0 unspecified atom stereocenters. The molecule has 0 amide bonds. The van der Waals surface area contributed by atoms with Gasteiger partial charge in [-0.25, -0.2) is 0 Å². The molecule has 0 bridgehead atoms. The Morgan fingerprint density at radius 1 is 0.273 bits per heavy atom. The zero-order valence-corrected chi connectivity index (χ0v) is 40.7. The predicted octanol–water partition coefficient (Wildman–Crippen LogP) is 14.7. The van der Waals surface area contributed by atoms with E-state index < -0.39 is 14.3 Å². The second kappa shape index (κ2) is 18.1. The molecule has 0 spiro atoms. The summed E-state index contributed by atoms with van der Waals surface area (Å²) in [6.45, 7) is 8.29. The molecule has 0 radical (unpaired) electrons. The number of thiophene rings is 2. The Morgan fingerprint density at radius 3 is 0.712 bits per heavy atom. The molecular weight excluding hydrogens is 879 g/mol. The smallest absolute Gasteiger partial charge is 0.173 e. The molecule has 0 aliphatic heterocycles. The SMILES string of the molecule is Cc1ccc(P(=O)(c2ccc(C)cc2)c2c(-c3ccccc3)sc(-c3ccccc3)c2-c2c(-c3ccccc3)sc(-c3ccccc3)c2P(=O)(c2ccc(C)cc2)c2ccc(C)cc2)cc1. The highest BCUT2D eigenvalue weighted by Crippen LogP contribution is 2.60. The molecule has 0 N–H and O–H groups in total. The van der Waals surface area contributed by atoms with Crippen LogP contribution in [0.1, 0.15) is 22.3 Å². The molecule has 0 saturated heterocycles. The number of hydrogen-bond acceptors (Lipinski definition) is 4. The van der Waals surface area contributed by atoms with Gasteiger partial charge in [0, 0.05) is 62.5 Å². The van der Waals surface area contributed by atoms with Gasteiger partial charge in [-0.3, -0.25) is 0 Å². The molecule has 322 valence electrons. The van der Waals surface area contributed by atoms with Gasteiger partial charge < -0.3 is 9.13 Å². The van der Waals surface area contributed by atoms with Crippen molar-refractivity contribution in [1.29, 1.82) is 0 Å². The molecule has 2 aromatic heterocycles. The van der Waals surface area contributed by atoms with Crippen molar-refractivity contribution in [2.24, 2.45) is 0 Å². The number of benzene rings is 8. The molecule has 0 aliphatic carbocycles. The van der Waals surface area contributed by atoms with Crippen LogP contribution in [0, 0.1) is 27.7 Å². The first-order chi connectivity index (χ1) is 32.1. The third kappa shape index (κ3) is 7.83. The van der Waals surface area contributed by atoms with Gasteiger partial charge in [-0.05, 0) is 49.9 Å². The lowest BCUT2D eigenvalue weighted by atomic mass is 9.98. The Kier molecular flexibility index (Phi) is 11.9. The van der Waals surface area contributed by atoms with Gasteiger partial charge in [0.05, 0.1) is 0 Å². The van der Waals surface area contributed by atoms with E-state index in [0.29, 0.717) is 0 Å². The molecule has 66 heavy (non-hydrogen) atoms. The summed E-state index contributed by atoms with van der Waals surface area (Å²) in [5.41, 5.74) is 9.99. The molecule has 0 atom stereocenters. The van der Waals surface area contributed by atoms with Crippen LogP contribution < -0.4 is 31.8 Å². The van der Waals surface area contributed by atoms with Crippen molar-refractivity contribution < 1.29 is 9.13 Å². The van der Waals surface area contributed by atoms with Gasteiger partial charge in [0.15, 0.2) is 14.3 Å². The van der Waals surface area contributed by atoms with Crippen LogP contribution in [-0.2, 0) is 9.13 Å². The molecule has 0 saturated carbocycles. The first kappa shape index (κ1) is 43.5. The molecule has 0 fully saturated rings. The highest BCUT2D eigenvalue weighted by molar-refractivity contribution is 7.87. The Bertz CT molecular complexity index is 3060. The normalized spacial score (nSPS) is 11.8. The largest absolute Gasteiger partial charge is 0.309 e. The highest BCUT2D eigenvalue weighted by atomic mass is 32.1. The van der Waals surface area contributed by atoms with E-state index in [4.69, 9.17) is 0 Å². The summed E-state index contributed by atoms with van der Waals surface area (Å²) in [7, 11) is -7.60. The van der Waals surface area contributed by atoms with Crippen LogP contribution in [0.2, 0.25) is 0 Å². The maximum Gasteiger partial charge on any atom is 0.173 e. The zero-order chi connectivity index (χ0) is 45.4. The quantitative estimate of drug-likeness (QED) is 0.121. The minimum Gasteiger partial charge on any atom is -0.309 e. The summed E-state index contributed by atoms with van der Waals surface area (Å²) in [6.07, 6.45) is 0. The molecular formula is C60H48O2P2S2. The van der Waals surface area contributed by atoms with Gasteiger partial charge in [-0.15, -0.1) is 22.7 Å². The monoisotopic (exact) mass is 926 g/mol. The van der Waals surface area contributed by atoms with Gasteiger partial charge in [-0.1, -0.05) is 241 Å². The van der Waals surface area contributed by atoms with Crippen molar-refractivity contribution in [3.8, 4) is 52.9 Å². The van der Waals surface area contributed by atoms with E-state index in [1.807, 2.05) is 24.3 Å². The average molecular weight is 927 g/mol. The van der Waals surface area contributed by atoms with Crippen LogP contribution in [0.15, 0.2) is 218 Å². The van der Waals surface area contributed by atoms with E-state index in [1.54, 1.807) is 22.7 Å². The van der Waals surface area contributed by atoms with Crippen LogP contribution in [0.4, 0.5) is 0 Å². The van der Waals surface area contributed by atoms with Crippen molar-refractivity contribution in [3.05, 3.63) is 241 Å². The predicted molar refractivity (Wildman–Crippen MR) is 287 cm³/mol. The first-order valence-corrected chi connectivity index (χ1v) is 27.2. The van der Waals surface area contributed by atoms with E-state index >= 15 is 9.13 Å². The van der Waals surface area contributed by atoms with Gasteiger partial charge in [0.25, 0.3) is 0 Å². The van der Waals surface area contributed by atoms with Crippen LogP contribution in [-0.4, -0.2) is 0 Å². The van der Waals surface area contributed by atoms with Gasteiger partial charge in [0.1, 0.15) is 0 Å². The Morgan fingerprint density at radius 2 is 0.485 bits per heavy atom. The lowest BCUT2D eigenvalue weighted by molar-refractivity contribution is 0.591. The third-order valence-corrected chi connectivity index (χ3v) is 21.5. The zero-order valence-electron chi connectivity index (χ0n) is 37.3. The van der Waals surface area contributed by atoms with Crippen molar-refractivity contribution in [3.63, 3.8) is 0 Å². The fourth-order valence-electron chi connectivity index (χ4n) is 8.90. The van der Waals surface area contributed by atoms with E-state index in [0.717, 1.165) is 107 Å². The lowest BCUT2D eigenvalue weighted by Gasteiger charge is -2.26. The minimum atomic E-state index is -3.80. The summed E-state index contributed by atoms with van der Waals surface area (Å²) >= 11 is 3.35. The molecule has 10 aromatic rings. The maximum atomic E-state index is 17.7. The van der Waals surface area contributed by atoms with Crippen molar-refractivity contribution in [2.75, 3.05) is 0 Å². The van der Waals surface area contributed by atoms with E-state index in [-0.39, 0.29) is 0 Å². The summed E-state index contributed by atoms with van der Waals surface area (Å²) in [4.78, 5) is 3.79. The van der Waals surface area contributed by atoms with Crippen LogP contribution in [0.25, 0.3) is 52.9 Å². The van der Waals surface area contributed by atoms with Gasteiger partial charge in [-0.2, -0.15) is 0 Å². The summed E-state index contributed by atoms with van der Waals surface area (Å²) < 4.78 is 35.4. The third-order valence-electron chi connectivity index (χ3n) is 12.4. The maximum absolute atomic E-state index is 17.7. The van der Waals surface area contributed by atoms with E-state index in [1.165, 1.54) is 0 Å². The summed E-state index contributed by atoms with van der Waals surface area (Å²) in [5, 5.41) is 4.48. The highest BCUT2D eigenvalue weighted by Gasteiger charge is 2.44. The number of hydrogen-bond donors (Lipinski definition) is 0. The van der Waals surface area contributed by atoms with Crippen LogP contribution >= 0.6 is 37.0 Å². The van der Waals surface area contributed by atoms with Gasteiger partial charge >= 0.3 is 0 Å². The van der Waals surface area contributed by atoms with Crippen LogP contribution in [0.5, 0.6) is 0 Å². The molecule has 8 aromatic carbocycles. The topological polar surface area (TPSA) is 34.1 Å². The molecule has 2 heterocycles. The Hall–Kier alpha value is -6.38. The van der Waals surface area contributed by atoms with Crippen molar-refractivity contribution in [1.82, 2.24) is 0 Å². The lowest BCUT2D eigenvalue weighted by Crippen LogP contribution is -2.30. The standard InChI is InChI=1S/C60H48O2P2S2/c1-41-25-33-49(34-26-41)63(61,50-35-27-42(2)28-36-50)55-53(57(45-17-9-5-10-18-45)65-59(55)47-21-13-7-14-22-47)54-56(60(48-23-15-8-16-24-48)66-58(54)46-19-11-6-12-20-46)64(62,51-37-29-43(3)30-38-51)52-39-31-44(4)32-40-52/h5-40H,1-4H3. The number of rotatable bonds is 11. The first-order valence-electron chi connectivity index (χ1n) is 22.2. The molecule has 2 nitrogen and oxygen atoms in total. The summed E-state index contributed by atoms with van der Waals surface area (Å²) in [6, 6.07) is 74.9. The van der Waals surface area contributed by atoms with Crippen molar-refractivity contribution in [2.45, 2.75) is 27.7 Å². The molecule has 6 heteroatoms. The second-order valence-electron chi connectivity index (χ2n) is 17.0. The van der Waals surface area contributed by atoms with Crippen LogP contribution in [0.3, 0.4) is 0 Å². The molecule has 10 rings (SSSR count). The van der Waals surface area contributed by atoms with Crippen molar-refractivity contribution >= 4 is 68.8 Å². The fraction of sp³-hybridized carbons (Fsp3) is 0.0667.